The Kier molecular flexibility index (Phi) is 5.59. The number of rotatable bonds is 5. The van der Waals surface area contributed by atoms with Gasteiger partial charge in [0.2, 0.25) is 11.1 Å². The van der Waals surface area contributed by atoms with E-state index in [1.54, 1.807) is 48.5 Å². The van der Waals surface area contributed by atoms with Crippen molar-refractivity contribution in [3.63, 3.8) is 0 Å². The van der Waals surface area contributed by atoms with Crippen molar-refractivity contribution in [1.82, 2.24) is 26.0 Å². The minimum Gasteiger partial charge on any atom is -0.272 e. The SMILES string of the molecule is O=C(CSc1n[nH]c(-c2ccccc2F)n1)NNC(=O)c1ccccc1. The topological polar surface area (TPSA) is 99.8 Å². The van der Waals surface area contributed by atoms with Crippen molar-refractivity contribution in [2.45, 2.75) is 5.16 Å². The molecular weight excluding hydrogens is 357 g/mol. The van der Waals surface area contributed by atoms with Gasteiger partial charge in [0.15, 0.2) is 5.82 Å². The molecule has 26 heavy (non-hydrogen) atoms. The van der Waals surface area contributed by atoms with Gasteiger partial charge in [-0.2, -0.15) is 0 Å². The van der Waals surface area contributed by atoms with E-state index in [-0.39, 0.29) is 11.6 Å². The van der Waals surface area contributed by atoms with Crippen LogP contribution in [-0.4, -0.2) is 32.7 Å². The van der Waals surface area contributed by atoms with Gasteiger partial charge < -0.3 is 0 Å². The van der Waals surface area contributed by atoms with Crippen LogP contribution >= 0.6 is 11.8 Å². The van der Waals surface area contributed by atoms with Crippen molar-refractivity contribution in [3.8, 4) is 11.4 Å². The molecule has 2 aromatic carbocycles. The number of hydrogen-bond acceptors (Lipinski definition) is 5. The average molecular weight is 371 g/mol. The summed E-state index contributed by atoms with van der Waals surface area (Å²) in [6, 6.07) is 14.7. The van der Waals surface area contributed by atoms with Gasteiger partial charge in [0, 0.05) is 5.56 Å². The molecule has 0 bridgehead atoms. The zero-order valence-electron chi connectivity index (χ0n) is 13.4. The fourth-order valence-electron chi connectivity index (χ4n) is 2.04. The van der Waals surface area contributed by atoms with E-state index < -0.39 is 17.6 Å². The van der Waals surface area contributed by atoms with Gasteiger partial charge in [0.05, 0.1) is 11.3 Å². The molecule has 3 rings (SSSR count). The Balaban J connectivity index is 1.49. The number of aromatic amines is 1. The van der Waals surface area contributed by atoms with E-state index >= 15 is 0 Å². The summed E-state index contributed by atoms with van der Waals surface area (Å²) in [4.78, 5) is 27.8. The first-order valence-corrected chi connectivity index (χ1v) is 8.56. The lowest BCUT2D eigenvalue weighted by molar-refractivity contribution is -0.119. The van der Waals surface area contributed by atoms with E-state index in [2.05, 4.69) is 26.0 Å². The van der Waals surface area contributed by atoms with Gasteiger partial charge in [-0.1, -0.05) is 42.1 Å². The highest BCUT2D eigenvalue weighted by atomic mass is 32.2. The number of aromatic nitrogens is 3. The minimum atomic E-state index is -0.420. The fourth-order valence-corrected chi connectivity index (χ4v) is 2.64. The number of benzene rings is 2. The quantitative estimate of drug-likeness (QED) is 0.471. The first-order chi connectivity index (χ1) is 12.6. The third-order valence-electron chi connectivity index (χ3n) is 3.28. The molecule has 0 spiro atoms. The summed E-state index contributed by atoms with van der Waals surface area (Å²) >= 11 is 1.06. The number of carbonyl (C=O) groups is 2. The predicted octanol–water partition coefficient (Wildman–Crippen LogP) is 2.16. The van der Waals surface area contributed by atoms with Gasteiger partial charge in [0.25, 0.3) is 5.91 Å². The van der Waals surface area contributed by atoms with Crippen molar-refractivity contribution in [1.29, 1.82) is 0 Å². The second kappa shape index (κ2) is 8.26. The molecule has 1 aromatic heterocycles. The number of nitrogens with zero attached hydrogens (tertiary/aromatic N) is 2. The minimum absolute atomic E-state index is 0.0103. The van der Waals surface area contributed by atoms with Gasteiger partial charge >= 0.3 is 0 Å². The maximum absolute atomic E-state index is 13.7. The monoisotopic (exact) mass is 371 g/mol. The maximum atomic E-state index is 13.7. The van der Waals surface area contributed by atoms with Crippen LogP contribution in [0.25, 0.3) is 11.4 Å². The molecule has 0 unspecified atom stereocenters. The van der Waals surface area contributed by atoms with E-state index in [1.165, 1.54) is 6.07 Å². The van der Waals surface area contributed by atoms with E-state index in [9.17, 15) is 14.0 Å². The number of amides is 2. The number of hydrazine groups is 1. The van der Waals surface area contributed by atoms with Crippen molar-refractivity contribution in [2.24, 2.45) is 0 Å². The number of hydrogen-bond donors (Lipinski definition) is 3. The lowest BCUT2D eigenvalue weighted by Crippen LogP contribution is -2.42. The van der Waals surface area contributed by atoms with Crippen molar-refractivity contribution < 1.29 is 14.0 Å². The van der Waals surface area contributed by atoms with Crippen molar-refractivity contribution in [2.75, 3.05) is 5.75 Å². The molecular formula is C17H14FN5O2S. The van der Waals surface area contributed by atoms with Gasteiger partial charge in [-0.3, -0.25) is 25.5 Å². The first-order valence-electron chi connectivity index (χ1n) is 7.58. The lowest BCUT2D eigenvalue weighted by Gasteiger charge is -2.06. The van der Waals surface area contributed by atoms with Crippen LogP contribution in [0.3, 0.4) is 0 Å². The average Bonchev–Trinajstić information content (AvgIpc) is 3.14. The largest absolute Gasteiger partial charge is 0.272 e. The molecule has 0 radical (unpaired) electrons. The molecule has 0 atom stereocenters. The van der Waals surface area contributed by atoms with E-state index in [1.807, 2.05) is 0 Å². The van der Waals surface area contributed by atoms with Gasteiger partial charge in [-0.05, 0) is 24.3 Å². The molecule has 0 aliphatic rings. The van der Waals surface area contributed by atoms with Crippen LogP contribution in [0, 0.1) is 5.82 Å². The molecule has 0 saturated heterocycles. The second-order valence-corrected chi connectivity index (χ2v) is 6.05. The molecule has 0 aliphatic heterocycles. The molecule has 0 fully saturated rings. The molecule has 3 N–H and O–H groups in total. The zero-order valence-corrected chi connectivity index (χ0v) is 14.2. The molecule has 7 nitrogen and oxygen atoms in total. The summed E-state index contributed by atoms with van der Waals surface area (Å²) in [5.41, 5.74) is 5.37. The van der Waals surface area contributed by atoms with Crippen molar-refractivity contribution in [3.05, 3.63) is 66.0 Å². The Hall–Kier alpha value is -3.20. The highest BCUT2D eigenvalue weighted by Crippen LogP contribution is 2.21. The van der Waals surface area contributed by atoms with Crippen LogP contribution in [0.15, 0.2) is 59.8 Å². The third kappa shape index (κ3) is 4.45. The Morgan fingerprint density at radius 1 is 1.04 bits per heavy atom. The summed E-state index contributed by atoms with van der Waals surface area (Å²) in [5, 5.41) is 6.88. The Morgan fingerprint density at radius 3 is 2.54 bits per heavy atom. The van der Waals surface area contributed by atoms with Crippen LogP contribution in [0.1, 0.15) is 10.4 Å². The highest BCUT2D eigenvalue weighted by molar-refractivity contribution is 7.99. The normalized spacial score (nSPS) is 10.3. The smallest absolute Gasteiger partial charge is 0.269 e. The molecule has 1 heterocycles. The molecule has 2 amide bonds. The number of thioether (sulfide) groups is 1. The van der Waals surface area contributed by atoms with Crippen LogP contribution in [0.4, 0.5) is 4.39 Å². The zero-order chi connectivity index (χ0) is 18.4. The summed E-state index contributed by atoms with van der Waals surface area (Å²) in [7, 11) is 0. The molecule has 3 aromatic rings. The number of carbonyl (C=O) groups excluding carboxylic acids is 2. The second-order valence-electron chi connectivity index (χ2n) is 5.10. The number of H-pyrrole nitrogens is 1. The number of halogens is 1. The molecule has 132 valence electrons. The van der Waals surface area contributed by atoms with Crippen LogP contribution in [-0.2, 0) is 4.79 Å². The Morgan fingerprint density at radius 2 is 1.77 bits per heavy atom. The summed E-state index contributed by atoms with van der Waals surface area (Å²) < 4.78 is 13.7. The molecule has 0 aliphatic carbocycles. The fraction of sp³-hybridized carbons (Fsp3) is 0.0588. The maximum Gasteiger partial charge on any atom is 0.269 e. The Bertz CT molecular complexity index is 916. The predicted molar refractivity (Wildman–Crippen MR) is 94.6 cm³/mol. The molecule has 9 heteroatoms. The van der Waals surface area contributed by atoms with Gasteiger partial charge in [0.1, 0.15) is 5.82 Å². The lowest BCUT2D eigenvalue weighted by atomic mass is 10.2. The van der Waals surface area contributed by atoms with E-state index in [4.69, 9.17) is 0 Å². The van der Waals surface area contributed by atoms with Crippen LogP contribution in [0.2, 0.25) is 0 Å². The molecule has 0 saturated carbocycles. The van der Waals surface area contributed by atoms with Crippen molar-refractivity contribution >= 4 is 23.6 Å². The first kappa shape index (κ1) is 17.6. The van der Waals surface area contributed by atoms with Gasteiger partial charge in [-0.25, -0.2) is 9.37 Å². The van der Waals surface area contributed by atoms with E-state index in [0.717, 1.165) is 11.8 Å². The van der Waals surface area contributed by atoms with Crippen LogP contribution in [0.5, 0.6) is 0 Å². The number of nitrogens with one attached hydrogen (secondary N) is 3. The van der Waals surface area contributed by atoms with Crippen LogP contribution < -0.4 is 10.9 Å². The standard InChI is InChI=1S/C17H14FN5O2S/c18-13-9-5-4-8-12(13)15-19-17(23-21-15)26-10-14(24)20-22-16(25)11-6-2-1-3-7-11/h1-9H,10H2,(H,20,24)(H,22,25)(H,19,21,23). The summed E-state index contributed by atoms with van der Waals surface area (Å²) in [6.07, 6.45) is 0. The van der Waals surface area contributed by atoms with E-state index in [0.29, 0.717) is 16.3 Å². The van der Waals surface area contributed by atoms with Gasteiger partial charge in [-0.15, -0.1) is 5.10 Å². The highest BCUT2D eigenvalue weighted by Gasteiger charge is 2.12. The Labute approximate surface area is 152 Å². The third-order valence-corrected chi connectivity index (χ3v) is 4.12. The summed E-state index contributed by atoms with van der Waals surface area (Å²) in [6.45, 7) is 0. The summed E-state index contributed by atoms with van der Waals surface area (Å²) in [5.74, 6) is -0.978.